The molecule has 0 saturated heterocycles. The Morgan fingerprint density at radius 3 is 2.73 bits per heavy atom. The quantitative estimate of drug-likeness (QED) is 0.607. The lowest BCUT2D eigenvalue weighted by atomic mass is 10.2. The molecule has 0 saturated carbocycles. The normalized spacial score (nSPS) is 10.8. The van der Waals surface area contributed by atoms with Gasteiger partial charge in [-0.1, -0.05) is 30.3 Å². The Hall–Kier alpha value is -2.93. The lowest BCUT2D eigenvalue weighted by molar-refractivity contribution is 0.196. The maximum atomic E-state index is 11.7. The number of hydrogen-bond acceptors (Lipinski definition) is 4. The molecule has 0 bridgehead atoms. The molecule has 0 aliphatic heterocycles. The van der Waals surface area contributed by atoms with Crippen molar-refractivity contribution in [3.63, 3.8) is 0 Å². The molecule has 3 rings (SSSR count). The Labute approximate surface area is 152 Å². The maximum Gasteiger partial charge on any atom is 0.314 e. The lowest BCUT2D eigenvalue weighted by Gasteiger charge is -2.10. The summed E-state index contributed by atoms with van der Waals surface area (Å²) in [7, 11) is 1.60. The molecule has 0 atom stereocenters. The number of nitrogens with zero attached hydrogens (tertiary/aromatic N) is 3. The summed E-state index contributed by atoms with van der Waals surface area (Å²) in [5, 5.41) is 5.58. The molecule has 0 fully saturated rings. The van der Waals surface area contributed by atoms with Crippen LogP contribution in [-0.2, 0) is 17.7 Å². The number of amides is 2. The number of pyridine rings is 1. The molecule has 0 spiro atoms. The molecular weight excluding hydrogens is 330 g/mol. The monoisotopic (exact) mass is 353 g/mol. The van der Waals surface area contributed by atoms with Gasteiger partial charge in [-0.3, -0.25) is 0 Å². The van der Waals surface area contributed by atoms with E-state index >= 15 is 0 Å². The van der Waals surface area contributed by atoms with Crippen LogP contribution in [0, 0.1) is 0 Å². The molecule has 0 aliphatic carbocycles. The molecule has 136 valence electrons. The van der Waals surface area contributed by atoms with Crippen LogP contribution >= 0.6 is 0 Å². The van der Waals surface area contributed by atoms with Crippen LogP contribution < -0.4 is 10.6 Å². The van der Waals surface area contributed by atoms with E-state index in [0.717, 1.165) is 17.0 Å². The molecule has 0 radical (unpaired) electrons. The van der Waals surface area contributed by atoms with Crippen molar-refractivity contribution in [1.29, 1.82) is 0 Å². The summed E-state index contributed by atoms with van der Waals surface area (Å²) in [5.41, 5.74) is 2.91. The van der Waals surface area contributed by atoms with E-state index in [9.17, 15) is 4.79 Å². The second-order valence-electron chi connectivity index (χ2n) is 5.87. The predicted octanol–water partition coefficient (Wildman–Crippen LogP) is 1.97. The highest BCUT2D eigenvalue weighted by atomic mass is 16.5. The average molecular weight is 353 g/mol. The highest BCUT2D eigenvalue weighted by Crippen LogP contribution is 2.16. The third-order valence-corrected chi connectivity index (χ3v) is 3.99. The molecule has 7 heteroatoms. The molecule has 0 aliphatic rings. The van der Waals surface area contributed by atoms with Gasteiger partial charge in [0.05, 0.1) is 13.2 Å². The summed E-state index contributed by atoms with van der Waals surface area (Å²) in [4.78, 5) is 20.9. The van der Waals surface area contributed by atoms with Crippen LogP contribution in [-0.4, -0.2) is 47.4 Å². The van der Waals surface area contributed by atoms with Crippen molar-refractivity contribution in [3.05, 3.63) is 60.0 Å². The Morgan fingerprint density at radius 1 is 1.12 bits per heavy atom. The smallest absolute Gasteiger partial charge is 0.314 e. The summed E-state index contributed by atoms with van der Waals surface area (Å²) in [6, 6.07) is 13.8. The third-order valence-electron chi connectivity index (χ3n) is 3.99. The van der Waals surface area contributed by atoms with Crippen molar-refractivity contribution >= 4 is 17.2 Å². The van der Waals surface area contributed by atoms with Crippen LogP contribution in [0.4, 0.5) is 4.79 Å². The number of nitrogens with one attached hydrogen (secondary N) is 2. The van der Waals surface area contributed by atoms with E-state index in [1.165, 1.54) is 5.56 Å². The van der Waals surface area contributed by atoms with Crippen LogP contribution in [0.3, 0.4) is 0 Å². The van der Waals surface area contributed by atoms with E-state index in [2.05, 4.69) is 37.3 Å². The number of methoxy groups -OCH3 is 1. The van der Waals surface area contributed by atoms with E-state index in [4.69, 9.17) is 4.74 Å². The molecule has 1 aromatic carbocycles. The highest BCUT2D eigenvalue weighted by Gasteiger charge is 2.12. The zero-order valence-electron chi connectivity index (χ0n) is 14.8. The fourth-order valence-corrected chi connectivity index (χ4v) is 2.75. The largest absolute Gasteiger partial charge is 0.383 e. The second-order valence-corrected chi connectivity index (χ2v) is 5.87. The molecular formula is C19H23N5O2. The average Bonchev–Trinajstić information content (AvgIpc) is 3.00. The van der Waals surface area contributed by atoms with Gasteiger partial charge in [-0.05, 0) is 17.7 Å². The molecule has 2 aromatic heterocycles. The van der Waals surface area contributed by atoms with Gasteiger partial charge in [0, 0.05) is 32.8 Å². The van der Waals surface area contributed by atoms with Crippen LogP contribution in [0.15, 0.2) is 48.7 Å². The Morgan fingerprint density at radius 2 is 1.92 bits per heavy atom. The highest BCUT2D eigenvalue weighted by molar-refractivity contribution is 5.74. The van der Waals surface area contributed by atoms with Crippen molar-refractivity contribution < 1.29 is 9.53 Å². The predicted molar refractivity (Wildman–Crippen MR) is 100 cm³/mol. The fraction of sp³-hybridized carbons (Fsp3) is 0.316. The van der Waals surface area contributed by atoms with Gasteiger partial charge in [-0.25, -0.2) is 14.8 Å². The summed E-state index contributed by atoms with van der Waals surface area (Å²) in [5.74, 6) is 0.903. The topological polar surface area (TPSA) is 81.1 Å². The molecule has 0 unspecified atom stereocenters. The molecule has 3 aromatic rings. The van der Waals surface area contributed by atoms with Gasteiger partial charge in [0.2, 0.25) is 0 Å². The zero-order valence-corrected chi connectivity index (χ0v) is 14.8. The van der Waals surface area contributed by atoms with Crippen molar-refractivity contribution in [2.24, 2.45) is 0 Å². The van der Waals surface area contributed by atoms with E-state index in [1.54, 1.807) is 13.3 Å². The Bertz CT molecular complexity index is 848. The summed E-state index contributed by atoms with van der Waals surface area (Å²) < 4.78 is 7.02. The summed E-state index contributed by atoms with van der Waals surface area (Å²) >= 11 is 0. The number of hydrogen-bond donors (Lipinski definition) is 2. The van der Waals surface area contributed by atoms with E-state index in [-0.39, 0.29) is 6.03 Å². The van der Waals surface area contributed by atoms with Crippen molar-refractivity contribution in [1.82, 2.24) is 25.2 Å². The first-order chi connectivity index (χ1) is 12.8. The molecule has 26 heavy (non-hydrogen) atoms. The number of rotatable bonds is 8. The van der Waals surface area contributed by atoms with Gasteiger partial charge in [0.1, 0.15) is 11.3 Å². The van der Waals surface area contributed by atoms with Gasteiger partial charge in [-0.15, -0.1) is 0 Å². The SMILES string of the molecule is COCCNC(=O)NCCc1nc2cccnc2n1Cc1ccccc1. The van der Waals surface area contributed by atoms with Gasteiger partial charge in [0.25, 0.3) is 0 Å². The third kappa shape index (κ3) is 4.58. The first-order valence-corrected chi connectivity index (χ1v) is 8.62. The van der Waals surface area contributed by atoms with E-state index < -0.39 is 0 Å². The number of carbonyl (C=O) groups excluding carboxylic acids is 1. The van der Waals surface area contributed by atoms with Crippen LogP contribution in [0.1, 0.15) is 11.4 Å². The minimum Gasteiger partial charge on any atom is -0.383 e. The zero-order chi connectivity index (χ0) is 18.2. The van der Waals surface area contributed by atoms with Gasteiger partial charge < -0.3 is 19.9 Å². The van der Waals surface area contributed by atoms with E-state index in [0.29, 0.717) is 32.7 Å². The van der Waals surface area contributed by atoms with Gasteiger partial charge >= 0.3 is 6.03 Å². The Kier molecular flexibility index (Phi) is 6.16. The van der Waals surface area contributed by atoms with Crippen molar-refractivity contribution in [3.8, 4) is 0 Å². The van der Waals surface area contributed by atoms with Gasteiger partial charge in [-0.2, -0.15) is 0 Å². The summed E-state index contributed by atoms with van der Waals surface area (Å²) in [6.07, 6.45) is 2.40. The fourth-order valence-electron chi connectivity index (χ4n) is 2.75. The number of aromatic nitrogens is 3. The lowest BCUT2D eigenvalue weighted by Crippen LogP contribution is -2.38. The Balaban J connectivity index is 1.69. The molecule has 2 amide bonds. The standard InChI is InChI=1S/C19H23N5O2/c1-26-13-12-22-19(25)21-11-9-17-23-16-8-5-10-20-18(16)24(17)14-15-6-3-2-4-7-15/h2-8,10H,9,11-14H2,1H3,(H2,21,22,25). The molecule has 7 nitrogen and oxygen atoms in total. The summed E-state index contributed by atoms with van der Waals surface area (Å²) in [6.45, 7) is 2.17. The number of ether oxygens (including phenoxy) is 1. The van der Waals surface area contributed by atoms with Crippen LogP contribution in [0.2, 0.25) is 0 Å². The van der Waals surface area contributed by atoms with Crippen molar-refractivity contribution in [2.75, 3.05) is 26.8 Å². The van der Waals surface area contributed by atoms with E-state index in [1.807, 2.05) is 30.3 Å². The maximum absolute atomic E-state index is 11.7. The number of carbonyl (C=O) groups is 1. The van der Waals surface area contributed by atoms with Gasteiger partial charge in [0.15, 0.2) is 5.65 Å². The minimum absolute atomic E-state index is 0.203. The molecule has 2 heterocycles. The first kappa shape index (κ1) is 17.9. The van der Waals surface area contributed by atoms with Crippen LogP contribution in [0.25, 0.3) is 11.2 Å². The number of benzene rings is 1. The first-order valence-electron chi connectivity index (χ1n) is 8.62. The number of imidazole rings is 1. The minimum atomic E-state index is -0.203. The number of urea groups is 1. The second kappa shape index (κ2) is 8.96. The van der Waals surface area contributed by atoms with Crippen LogP contribution in [0.5, 0.6) is 0 Å². The van der Waals surface area contributed by atoms with Crippen molar-refractivity contribution in [2.45, 2.75) is 13.0 Å². The number of fused-ring (bicyclic) bond motifs is 1. The molecule has 2 N–H and O–H groups in total.